The number of benzene rings is 1. The van der Waals surface area contributed by atoms with E-state index in [1.807, 2.05) is 12.1 Å². The summed E-state index contributed by atoms with van der Waals surface area (Å²) in [6.07, 6.45) is 19.3. The normalized spacial score (nSPS) is 28.2. The van der Waals surface area contributed by atoms with Gasteiger partial charge in [0, 0.05) is 37.8 Å². The third kappa shape index (κ3) is 5.63. The van der Waals surface area contributed by atoms with Crippen molar-refractivity contribution in [1.29, 1.82) is 0 Å². The molecule has 0 aromatic heterocycles. The van der Waals surface area contributed by atoms with Crippen molar-refractivity contribution in [3.8, 4) is 5.75 Å². The number of rotatable bonds is 8. The summed E-state index contributed by atoms with van der Waals surface area (Å²) in [5, 5.41) is 3.33. The molecule has 2 bridgehead atoms. The number of nitrogens with zero attached hydrogens (tertiary/aromatic N) is 2. The van der Waals surface area contributed by atoms with Crippen LogP contribution < -0.4 is 10.1 Å². The van der Waals surface area contributed by atoms with Crippen LogP contribution in [0.3, 0.4) is 0 Å². The lowest BCUT2D eigenvalue weighted by atomic mass is 9.87. The number of fused-ring (bicyclic) bond motifs is 2. The molecule has 4 unspecified atom stereocenters. The van der Waals surface area contributed by atoms with E-state index in [0.29, 0.717) is 18.1 Å². The average Bonchev–Trinajstić information content (AvgIpc) is 3.21. The van der Waals surface area contributed by atoms with Gasteiger partial charge in [0.1, 0.15) is 5.75 Å². The second kappa shape index (κ2) is 11.8. The van der Waals surface area contributed by atoms with Crippen LogP contribution in [-0.2, 0) is 4.79 Å². The second-order valence-corrected chi connectivity index (χ2v) is 11.1. The third-order valence-electron chi connectivity index (χ3n) is 8.75. The number of likely N-dealkylation sites (tertiary alicyclic amines) is 1. The average molecular weight is 490 g/mol. The Kier molecular flexibility index (Phi) is 8.28. The highest BCUT2D eigenvalue weighted by Gasteiger charge is 2.42. The zero-order valence-corrected chi connectivity index (χ0v) is 21.9. The van der Waals surface area contributed by atoms with E-state index in [9.17, 15) is 4.79 Å². The molecule has 4 atom stereocenters. The summed E-state index contributed by atoms with van der Waals surface area (Å²) in [5.41, 5.74) is 2.60. The van der Waals surface area contributed by atoms with Gasteiger partial charge in [0.15, 0.2) is 0 Å². The predicted molar refractivity (Wildman–Crippen MR) is 146 cm³/mol. The van der Waals surface area contributed by atoms with E-state index >= 15 is 0 Å². The monoisotopic (exact) mass is 489 g/mol. The fourth-order valence-corrected chi connectivity index (χ4v) is 6.89. The Labute approximate surface area is 217 Å². The minimum Gasteiger partial charge on any atom is -0.497 e. The molecule has 1 aromatic carbocycles. The molecule has 194 valence electrons. The number of ether oxygens (including phenoxy) is 1. The first-order valence-corrected chi connectivity index (χ1v) is 14.1. The second-order valence-electron chi connectivity index (χ2n) is 11.1. The van der Waals surface area contributed by atoms with Gasteiger partial charge in [0.05, 0.1) is 19.1 Å². The number of amides is 1. The van der Waals surface area contributed by atoms with Crippen molar-refractivity contribution < 1.29 is 9.53 Å². The summed E-state index contributed by atoms with van der Waals surface area (Å²) in [6.45, 7) is 7.16. The third-order valence-corrected chi connectivity index (χ3v) is 8.75. The largest absolute Gasteiger partial charge is 0.497 e. The van der Waals surface area contributed by atoms with Crippen LogP contribution >= 0.6 is 0 Å². The van der Waals surface area contributed by atoms with Gasteiger partial charge in [0.2, 0.25) is 5.91 Å². The van der Waals surface area contributed by atoms with Gasteiger partial charge in [-0.1, -0.05) is 55.7 Å². The van der Waals surface area contributed by atoms with Crippen LogP contribution in [0.1, 0.15) is 69.4 Å². The summed E-state index contributed by atoms with van der Waals surface area (Å²) < 4.78 is 5.62. The number of nitrogens with one attached hydrogen (secondary N) is 1. The standard InChI is InChI=1S/C31H43N3O2/c1-3-19-33-20-18-27-16-17-28(22-33)34(27)30(25-8-7-11-29(21-25)36-2)23-12-14-24(15-13-23)31(35)32-26-9-5-4-6-10-26/h3,7-8,11-14,21,24,26-28,30H,1,4-6,9-10,15-20,22H2,2H3,(H,32,35). The van der Waals surface area contributed by atoms with Crippen molar-refractivity contribution in [1.82, 2.24) is 15.1 Å². The van der Waals surface area contributed by atoms with Gasteiger partial charge in [0.25, 0.3) is 0 Å². The molecule has 5 nitrogen and oxygen atoms in total. The van der Waals surface area contributed by atoms with Crippen LogP contribution in [0.5, 0.6) is 5.75 Å². The van der Waals surface area contributed by atoms with Crippen LogP contribution in [0.25, 0.3) is 0 Å². The lowest BCUT2D eigenvalue weighted by Gasteiger charge is -2.38. The zero-order chi connectivity index (χ0) is 24.9. The molecule has 5 heteroatoms. The molecule has 1 N–H and O–H groups in total. The van der Waals surface area contributed by atoms with Crippen molar-refractivity contribution in [2.75, 3.05) is 26.7 Å². The van der Waals surface area contributed by atoms with E-state index in [2.05, 4.69) is 58.1 Å². The Bertz CT molecular complexity index is 980. The summed E-state index contributed by atoms with van der Waals surface area (Å²) in [6, 6.07) is 10.2. The van der Waals surface area contributed by atoms with E-state index in [4.69, 9.17) is 4.74 Å². The van der Waals surface area contributed by atoms with Crippen molar-refractivity contribution in [3.63, 3.8) is 0 Å². The van der Waals surface area contributed by atoms with Crippen molar-refractivity contribution in [3.05, 3.63) is 66.3 Å². The maximum absolute atomic E-state index is 13.0. The smallest absolute Gasteiger partial charge is 0.227 e. The molecule has 3 fully saturated rings. The first kappa shape index (κ1) is 25.3. The SMILES string of the molecule is C=CCN1CCC2CCC(C1)N2C(C1=CCC(C(=O)NC2CCCCC2)C=C1)c1cccc(OC)c1. The molecule has 5 rings (SSSR count). The van der Waals surface area contributed by atoms with Crippen LogP contribution in [-0.4, -0.2) is 60.6 Å². The molecule has 2 heterocycles. The number of methoxy groups -OCH3 is 1. The molecule has 2 aliphatic carbocycles. The molecule has 1 amide bonds. The number of hydrogen-bond donors (Lipinski definition) is 1. The first-order chi connectivity index (χ1) is 17.7. The van der Waals surface area contributed by atoms with Crippen LogP contribution in [0.2, 0.25) is 0 Å². The number of allylic oxidation sites excluding steroid dienone is 1. The van der Waals surface area contributed by atoms with Gasteiger partial charge in [-0.25, -0.2) is 0 Å². The topological polar surface area (TPSA) is 44.8 Å². The highest BCUT2D eigenvalue weighted by Crippen LogP contribution is 2.43. The lowest BCUT2D eigenvalue weighted by Crippen LogP contribution is -2.42. The Balaban J connectivity index is 1.38. The van der Waals surface area contributed by atoms with Gasteiger partial charge in [-0.3, -0.25) is 14.6 Å². The molecular formula is C31H43N3O2. The molecule has 4 aliphatic rings. The maximum Gasteiger partial charge on any atom is 0.227 e. The fraction of sp³-hybridized carbons (Fsp3) is 0.581. The molecule has 36 heavy (non-hydrogen) atoms. The highest BCUT2D eigenvalue weighted by atomic mass is 16.5. The molecule has 2 saturated heterocycles. The Morgan fingerprint density at radius 2 is 2.00 bits per heavy atom. The maximum atomic E-state index is 13.0. The molecule has 1 aromatic rings. The lowest BCUT2D eigenvalue weighted by molar-refractivity contribution is -0.124. The first-order valence-electron chi connectivity index (χ1n) is 14.1. The number of carbonyl (C=O) groups is 1. The van der Waals surface area contributed by atoms with Crippen LogP contribution in [0.15, 0.2) is 60.7 Å². The van der Waals surface area contributed by atoms with E-state index in [1.165, 1.54) is 49.7 Å². The summed E-state index contributed by atoms with van der Waals surface area (Å²) in [7, 11) is 1.74. The van der Waals surface area contributed by atoms with E-state index in [0.717, 1.165) is 44.6 Å². The molecular weight excluding hydrogens is 446 g/mol. The van der Waals surface area contributed by atoms with Gasteiger partial charge in [-0.2, -0.15) is 0 Å². The van der Waals surface area contributed by atoms with Gasteiger partial charge in [-0.05, 0) is 61.8 Å². The van der Waals surface area contributed by atoms with Crippen LogP contribution in [0.4, 0.5) is 0 Å². The van der Waals surface area contributed by atoms with Gasteiger partial charge in [-0.15, -0.1) is 6.58 Å². The molecule has 1 saturated carbocycles. The fourth-order valence-electron chi connectivity index (χ4n) is 6.89. The minimum absolute atomic E-state index is 0.0643. The summed E-state index contributed by atoms with van der Waals surface area (Å²) >= 11 is 0. The molecule has 0 radical (unpaired) electrons. The van der Waals surface area contributed by atoms with Crippen molar-refractivity contribution >= 4 is 5.91 Å². The Hall–Kier alpha value is -2.37. The molecule has 0 spiro atoms. The Morgan fingerprint density at radius 3 is 2.75 bits per heavy atom. The Morgan fingerprint density at radius 1 is 1.17 bits per heavy atom. The van der Waals surface area contributed by atoms with E-state index < -0.39 is 0 Å². The van der Waals surface area contributed by atoms with Crippen molar-refractivity contribution in [2.24, 2.45) is 5.92 Å². The van der Waals surface area contributed by atoms with Crippen LogP contribution in [0, 0.1) is 5.92 Å². The summed E-state index contributed by atoms with van der Waals surface area (Å²) in [5.74, 6) is 1.03. The molecule has 2 aliphatic heterocycles. The van der Waals surface area contributed by atoms with Crippen molar-refractivity contribution in [2.45, 2.75) is 82.0 Å². The van der Waals surface area contributed by atoms with E-state index in [1.54, 1.807) is 7.11 Å². The summed E-state index contributed by atoms with van der Waals surface area (Å²) in [4.78, 5) is 18.4. The quantitative estimate of drug-likeness (QED) is 0.496. The van der Waals surface area contributed by atoms with Gasteiger partial charge < -0.3 is 10.1 Å². The number of hydrogen-bond acceptors (Lipinski definition) is 4. The number of carbonyl (C=O) groups excluding carboxylic acids is 1. The zero-order valence-electron chi connectivity index (χ0n) is 21.9. The van der Waals surface area contributed by atoms with Gasteiger partial charge >= 0.3 is 0 Å². The van der Waals surface area contributed by atoms with E-state index in [-0.39, 0.29) is 17.9 Å². The highest BCUT2D eigenvalue weighted by molar-refractivity contribution is 5.81. The minimum atomic E-state index is -0.0643. The predicted octanol–water partition coefficient (Wildman–Crippen LogP) is 5.41.